The Hall–Kier alpha value is -3.87. The highest BCUT2D eigenvalue weighted by molar-refractivity contribution is 5.86. The van der Waals surface area contributed by atoms with E-state index in [1.165, 1.54) is 10.8 Å². The predicted octanol–water partition coefficient (Wildman–Crippen LogP) is 4.27. The summed E-state index contributed by atoms with van der Waals surface area (Å²) in [6.45, 7) is 3.09. The summed E-state index contributed by atoms with van der Waals surface area (Å²) in [5.74, 6) is 1.81. The Morgan fingerprint density at radius 3 is 2.47 bits per heavy atom. The first kappa shape index (κ1) is 19.4. The van der Waals surface area contributed by atoms with Crippen LogP contribution >= 0.6 is 0 Å². The van der Waals surface area contributed by atoms with E-state index in [0.717, 1.165) is 11.3 Å². The molecule has 0 unspecified atom stereocenters. The summed E-state index contributed by atoms with van der Waals surface area (Å²) in [4.78, 5) is 12.8. The number of nitrogens with one attached hydrogen (secondary N) is 2. The van der Waals surface area contributed by atoms with Crippen molar-refractivity contribution in [2.75, 3.05) is 29.5 Å². The topological polar surface area (TPSA) is 98.0 Å². The van der Waals surface area contributed by atoms with Crippen molar-refractivity contribution in [3.63, 3.8) is 0 Å². The Bertz CT molecular complexity index is 1110. The number of rotatable bonds is 8. The van der Waals surface area contributed by atoms with Crippen molar-refractivity contribution in [2.45, 2.75) is 13.0 Å². The molecule has 0 saturated heterocycles. The van der Waals surface area contributed by atoms with Crippen LogP contribution in [0.5, 0.6) is 5.75 Å². The van der Waals surface area contributed by atoms with Crippen LogP contribution in [-0.2, 0) is 0 Å². The first-order chi connectivity index (χ1) is 14.7. The molecule has 0 aliphatic carbocycles. The van der Waals surface area contributed by atoms with Crippen LogP contribution in [0.1, 0.15) is 18.5 Å². The quantitative estimate of drug-likeness (QED) is 0.380. The molecule has 0 aliphatic heterocycles. The Labute approximate surface area is 175 Å². The van der Waals surface area contributed by atoms with E-state index in [1.54, 1.807) is 0 Å². The summed E-state index contributed by atoms with van der Waals surface area (Å²) >= 11 is 0. The van der Waals surface area contributed by atoms with Gasteiger partial charge in [-0.1, -0.05) is 60.7 Å². The Balaban J connectivity index is 1.41. The van der Waals surface area contributed by atoms with Gasteiger partial charge >= 0.3 is 0 Å². The van der Waals surface area contributed by atoms with E-state index >= 15 is 0 Å². The van der Waals surface area contributed by atoms with Gasteiger partial charge in [0.05, 0.1) is 12.6 Å². The first-order valence-corrected chi connectivity index (χ1v) is 9.86. The summed E-state index contributed by atoms with van der Waals surface area (Å²) in [6.07, 6.45) is 0. The number of benzene rings is 3. The molecule has 7 nitrogen and oxygen atoms in total. The van der Waals surface area contributed by atoms with E-state index in [4.69, 9.17) is 10.5 Å². The molecule has 0 radical (unpaired) electrons. The van der Waals surface area contributed by atoms with E-state index in [0.29, 0.717) is 25.0 Å². The van der Waals surface area contributed by atoms with Crippen LogP contribution in [0.4, 0.5) is 17.8 Å². The fraction of sp³-hybridized carbons (Fsp3) is 0.174. The number of hydrogen-bond acceptors (Lipinski definition) is 7. The van der Waals surface area contributed by atoms with Crippen LogP contribution in [0, 0.1) is 0 Å². The van der Waals surface area contributed by atoms with Gasteiger partial charge in [-0.2, -0.15) is 15.0 Å². The van der Waals surface area contributed by atoms with Crippen molar-refractivity contribution in [1.29, 1.82) is 0 Å². The highest BCUT2D eigenvalue weighted by atomic mass is 16.5. The predicted molar refractivity (Wildman–Crippen MR) is 121 cm³/mol. The zero-order valence-electron chi connectivity index (χ0n) is 16.7. The molecule has 1 atom stereocenters. The van der Waals surface area contributed by atoms with Gasteiger partial charge in [0.25, 0.3) is 0 Å². The summed E-state index contributed by atoms with van der Waals surface area (Å²) < 4.78 is 5.67. The van der Waals surface area contributed by atoms with Gasteiger partial charge in [0.2, 0.25) is 17.8 Å². The number of nitrogens with two attached hydrogens (primary N) is 1. The Morgan fingerprint density at radius 2 is 1.60 bits per heavy atom. The van der Waals surface area contributed by atoms with E-state index in [1.807, 2.05) is 42.5 Å². The molecule has 0 fully saturated rings. The van der Waals surface area contributed by atoms with Crippen LogP contribution in [-0.4, -0.2) is 28.1 Å². The molecule has 3 aromatic carbocycles. The lowest BCUT2D eigenvalue weighted by Gasteiger charge is -2.17. The SMILES string of the molecule is C[C@H](Nc1nc(N)nc(NCCOc2ccccc2)n1)c1cccc2ccccc12. The summed E-state index contributed by atoms with van der Waals surface area (Å²) in [5, 5.41) is 8.85. The molecule has 4 aromatic rings. The van der Waals surface area contributed by atoms with Crippen LogP contribution in [0.2, 0.25) is 0 Å². The van der Waals surface area contributed by atoms with Crippen molar-refractivity contribution in [3.8, 4) is 5.75 Å². The van der Waals surface area contributed by atoms with Gasteiger partial charge in [0.15, 0.2) is 0 Å². The lowest BCUT2D eigenvalue weighted by atomic mass is 10.00. The second kappa shape index (κ2) is 9.09. The highest BCUT2D eigenvalue weighted by Gasteiger charge is 2.12. The lowest BCUT2D eigenvalue weighted by molar-refractivity contribution is 0.332. The molecule has 0 spiro atoms. The minimum Gasteiger partial charge on any atom is -0.492 e. The Morgan fingerprint density at radius 1 is 0.867 bits per heavy atom. The van der Waals surface area contributed by atoms with Crippen molar-refractivity contribution in [1.82, 2.24) is 15.0 Å². The zero-order valence-corrected chi connectivity index (χ0v) is 16.7. The summed E-state index contributed by atoms with van der Waals surface area (Å²) in [6, 6.07) is 24.2. The fourth-order valence-electron chi connectivity index (χ4n) is 3.28. The molecule has 0 amide bonds. The molecule has 4 N–H and O–H groups in total. The normalized spacial score (nSPS) is 11.8. The maximum atomic E-state index is 5.89. The molecule has 0 aliphatic rings. The molecule has 4 rings (SSSR count). The molecular formula is C23H24N6O. The molecule has 152 valence electrons. The molecule has 1 aromatic heterocycles. The van der Waals surface area contributed by atoms with Gasteiger partial charge < -0.3 is 21.1 Å². The minimum absolute atomic E-state index is 0.00726. The molecular weight excluding hydrogens is 376 g/mol. The van der Waals surface area contributed by atoms with Crippen molar-refractivity contribution in [3.05, 3.63) is 78.4 Å². The van der Waals surface area contributed by atoms with Crippen LogP contribution in [0.15, 0.2) is 72.8 Å². The molecule has 1 heterocycles. The van der Waals surface area contributed by atoms with Crippen LogP contribution < -0.4 is 21.1 Å². The number of para-hydroxylation sites is 1. The maximum Gasteiger partial charge on any atom is 0.229 e. The van der Waals surface area contributed by atoms with E-state index in [-0.39, 0.29) is 12.0 Å². The number of aromatic nitrogens is 3. The maximum absolute atomic E-state index is 5.89. The number of nitrogens with zero attached hydrogens (tertiary/aromatic N) is 3. The fourth-order valence-corrected chi connectivity index (χ4v) is 3.28. The number of anilines is 3. The van der Waals surface area contributed by atoms with Gasteiger partial charge in [0.1, 0.15) is 12.4 Å². The van der Waals surface area contributed by atoms with Gasteiger partial charge in [-0.25, -0.2) is 0 Å². The highest BCUT2D eigenvalue weighted by Crippen LogP contribution is 2.26. The van der Waals surface area contributed by atoms with Crippen molar-refractivity contribution >= 4 is 28.6 Å². The number of ether oxygens (including phenoxy) is 1. The minimum atomic E-state index is -0.00726. The van der Waals surface area contributed by atoms with Gasteiger partial charge in [-0.05, 0) is 35.4 Å². The lowest BCUT2D eigenvalue weighted by Crippen LogP contribution is -2.16. The van der Waals surface area contributed by atoms with Crippen LogP contribution in [0.25, 0.3) is 10.8 Å². The molecule has 0 saturated carbocycles. The third kappa shape index (κ3) is 4.75. The molecule has 0 bridgehead atoms. The van der Waals surface area contributed by atoms with Crippen molar-refractivity contribution < 1.29 is 4.74 Å². The van der Waals surface area contributed by atoms with E-state index in [2.05, 4.69) is 62.8 Å². The van der Waals surface area contributed by atoms with Crippen LogP contribution in [0.3, 0.4) is 0 Å². The Kier molecular flexibility index (Phi) is 5.89. The number of fused-ring (bicyclic) bond motifs is 1. The second-order valence-corrected chi connectivity index (χ2v) is 6.86. The zero-order chi connectivity index (χ0) is 20.8. The smallest absolute Gasteiger partial charge is 0.229 e. The van der Waals surface area contributed by atoms with Gasteiger partial charge in [-0.15, -0.1) is 0 Å². The van der Waals surface area contributed by atoms with E-state index < -0.39 is 0 Å². The second-order valence-electron chi connectivity index (χ2n) is 6.86. The van der Waals surface area contributed by atoms with Gasteiger partial charge in [-0.3, -0.25) is 0 Å². The summed E-state index contributed by atoms with van der Waals surface area (Å²) in [7, 11) is 0. The molecule has 30 heavy (non-hydrogen) atoms. The standard InChI is InChI=1S/C23H24N6O/c1-16(19-13-7-9-17-8-5-6-12-20(17)19)26-23-28-21(24)27-22(29-23)25-14-15-30-18-10-3-2-4-11-18/h2-13,16H,14-15H2,1H3,(H4,24,25,26,27,28,29)/t16-/m0/s1. The average molecular weight is 400 g/mol. The number of nitrogen functional groups attached to an aromatic ring is 1. The third-order valence-electron chi connectivity index (χ3n) is 4.69. The van der Waals surface area contributed by atoms with Gasteiger partial charge in [0, 0.05) is 0 Å². The monoisotopic (exact) mass is 400 g/mol. The third-order valence-corrected chi connectivity index (χ3v) is 4.69. The van der Waals surface area contributed by atoms with E-state index in [9.17, 15) is 0 Å². The number of hydrogen-bond donors (Lipinski definition) is 3. The van der Waals surface area contributed by atoms with Crippen molar-refractivity contribution in [2.24, 2.45) is 0 Å². The summed E-state index contributed by atoms with van der Waals surface area (Å²) in [5.41, 5.74) is 7.05. The molecule has 7 heteroatoms. The first-order valence-electron chi connectivity index (χ1n) is 9.86. The largest absolute Gasteiger partial charge is 0.492 e. The average Bonchev–Trinajstić information content (AvgIpc) is 2.76.